The lowest BCUT2D eigenvalue weighted by Gasteiger charge is -2.18. The average Bonchev–Trinajstić information content (AvgIpc) is 3.34. The number of ether oxygens (including phenoxy) is 3. The zero-order chi connectivity index (χ0) is 49.3. The van der Waals surface area contributed by atoms with Gasteiger partial charge in [-0.2, -0.15) is 0 Å². The van der Waals surface area contributed by atoms with Gasteiger partial charge in [-0.3, -0.25) is 14.4 Å². The van der Waals surface area contributed by atoms with Crippen molar-refractivity contribution >= 4 is 17.9 Å². The van der Waals surface area contributed by atoms with E-state index in [1.807, 2.05) is 0 Å². The number of allylic oxidation sites excluding steroid dienone is 10. The van der Waals surface area contributed by atoms with Crippen molar-refractivity contribution < 1.29 is 28.6 Å². The van der Waals surface area contributed by atoms with Gasteiger partial charge in [0.15, 0.2) is 6.10 Å². The monoisotopic (exact) mass is 951 g/mol. The van der Waals surface area contributed by atoms with Crippen LogP contribution in [0.3, 0.4) is 0 Å². The van der Waals surface area contributed by atoms with Gasteiger partial charge in [0.1, 0.15) is 13.2 Å². The van der Waals surface area contributed by atoms with E-state index >= 15 is 0 Å². The third-order valence-electron chi connectivity index (χ3n) is 12.8. The highest BCUT2D eigenvalue weighted by Crippen LogP contribution is 2.16. The zero-order valence-electron chi connectivity index (χ0n) is 45.1. The van der Waals surface area contributed by atoms with Crippen molar-refractivity contribution in [2.45, 2.75) is 303 Å². The standard InChI is InChI=1S/C62H110O6/c1-4-7-10-13-16-19-22-25-28-30-32-34-37-40-43-46-49-52-55-61(64)67-58-59(57-66-60(63)54-51-48-45-42-39-36-33-27-24-21-18-15-12-9-6-3)68-62(65)56-53-50-47-44-41-38-35-31-29-26-23-20-17-14-11-8-5-2/h9,12,17-18,20-21,26-27,29,33,59H,4-8,10-11,13-16,19,22-25,28,30-32,34-58H2,1-3H3/b12-9-,20-17-,21-18-,29-26-,33-27-/t59-/m1/s1. The molecule has 6 heteroatoms. The van der Waals surface area contributed by atoms with E-state index in [-0.39, 0.29) is 31.1 Å². The van der Waals surface area contributed by atoms with Crippen LogP contribution in [0.1, 0.15) is 297 Å². The first kappa shape index (κ1) is 65.1. The van der Waals surface area contributed by atoms with Gasteiger partial charge < -0.3 is 14.2 Å². The van der Waals surface area contributed by atoms with Crippen LogP contribution in [0, 0.1) is 0 Å². The van der Waals surface area contributed by atoms with Crippen LogP contribution in [-0.4, -0.2) is 37.2 Å². The molecule has 0 aliphatic rings. The second-order valence-electron chi connectivity index (χ2n) is 19.5. The number of carbonyl (C=O) groups is 3. The predicted octanol–water partition coefficient (Wildman–Crippen LogP) is 19.6. The van der Waals surface area contributed by atoms with Gasteiger partial charge in [-0.25, -0.2) is 0 Å². The Kier molecular flexibility index (Phi) is 54.3. The Hall–Kier alpha value is -2.89. The highest BCUT2D eigenvalue weighted by Gasteiger charge is 2.19. The van der Waals surface area contributed by atoms with Crippen molar-refractivity contribution in [1.82, 2.24) is 0 Å². The molecule has 0 saturated heterocycles. The summed E-state index contributed by atoms with van der Waals surface area (Å²) in [5.74, 6) is -0.893. The number of carbonyl (C=O) groups excluding carboxylic acids is 3. The van der Waals surface area contributed by atoms with Crippen LogP contribution in [0.2, 0.25) is 0 Å². The molecule has 6 nitrogen and oxygen atoms in total. The molecule has 0 aliphatic carbocycles. The van der Waals surface area contributed by atoms with Crippen LogP contribution < -0.4 is 0 Å². The molecule has 0 aromatic rings. The smallest absolute Gasteiger partial charge is 0.306 e. The first-order valence-corrected chi connectivity index (χ1v) is 29.3. The molecule has 0 amide bonds. The van der Waals surface area contributed by atoms with Crippen LogP contribution in [-0.2, 0) is 28.6 Å². The van der Waals surface area contributed by atoms with Gasteiger partial charge in [0.05, 0.1) is 0 Å². The number of hydrogen-bond acceptors (Lipinski definition) is 6. The van der Waals surface area contributed by atoms with E-state index in [9.17, 15) is 14.4 Å². The second kappa shape index (κ2) is 56.7. The second-order valence-corrected chi connectivity index (χ2v) is 19.5. The molecule has 0 aliphatic heterocycles. The Labute approximate surface area is 421 Å². The van der Waals surface area contributed by atoms with E-state index in [1.165, 1.54) is 148 Å². The topological polar surface area (TPSA) is 78.9 Å². The summed E-state index contributed by atoms with van der Waals surface area (Å²) in [6.07, 6.45) is 70.7. The number of esters is 3. The first-order valence-electron chi connectivity index (χ1n) is 29.3. The van der Waals surface area contributed by atoms with Gasteiger partial charge >= 0.3 is 17.9 Å². The molecule has 68 heavy (non-hydrogen) atoms. The molecule has 0 fully saturated rings. The molecular formula is C62H110O6. The summed E-state index contributed by atoms with van der Waals surface area (Å²) in [4.78, 5) is 38.2. The third kappa shape index (κ3) is 54.1. The number of unbranched alkanes of at least 4 members (excludes halogenated alkanes) is 32. The Morgan fingerprint density at radius 1 is 0.309 bits per heavy atom. The molecule has 394 valence electrons. The molecule has 1 atom stereocenters. The van der Waals surface area contributed by atoms with Gasteiger partial charge in [0.25, 0.3) is 0 Å². The van der Waals surface area contributed by atoms with Crippen LogP contribution in [0.25, 0.3) is 0 Å². The molecule has 0 rings (SSSR count). The van der Waals surface area contributed by atoms with Gasteiger partial charge in [-0.15, -0.1) is 0 Å². The Balaban J connectivity index is 4.38. The van der Waals surface area contributed by atoms with E-state index in [0.29, 0.717) is 19.3 Å². The van der Waals surface area contributed by atoms with Crippen molar-refractivity contribution in [1.29, 1.82) is 0 Å². The molecule has 0 heterocycles. The van der Waals surface area contributed by atoms with Crippen LogP contribution >= 0.6 is 0 Å². The Bertz CT molecular complexity index is 1230. The SMILES string of the molecule is CC/C=C\C/C=C\C/C=C\CCCCCCCC(=O)OC[C@H](COC(=O)CCCCCCCCCCCCCCCCCCCC)OC(=O)CCCCCCCCC/C=C\C/C=C\CCCCC. The maximum Gasteiger partial charge on any atom is 0.306 e. The normalized spacial score (nSPS) is 12.5. The van der Waals surface area contributed by atoms with Gasteiger partial charge in [-0.05, 0) is 83.5 Å². The summed E-state index contributed by atoms with van der Waals surface area (Å²) in [6.45, 7) is 6.52. The minimum atomic E-state index is -0.784. The van der Waals surface area contributed by atoms with Crippen LogP contribution in [0.5, 0.6) is 0 Å². The highest BCUT2D eigenvalue weighted by molar-refractivity contribution is 5.71. The van der Waals surface area contributed by atoms with Gasteiger partial charge in [0, 0.05) is 19.3 Å². The maximum absolute atomic E-state index is 12.9. The van der Waals surface area contributed by atoms with Crippen molar-refractivity contribution in [3.8, 4) is 0 Å². The summed E-state index contributed by atoms with van der Waals surface area (Å²) in [5, 5.41) is 0. The lowest BCUT2D eigenvalue weighted by Crippen LogP contribution is -2.30. The van der Waals surface area contributed by atoms with E-state index in [4.69, 9.17) is 14.2 Å². The van der Waals surface area contributed by atoms with Crippen LogP contribution in [0.15, 0.2) is 60.8 Å². The van der Waals surface area contributed by atoms with Crippen molar-refractivity contribution in [2.75, 3.05) is 13.2 Å². The molecule has 0 unspecified atom stereocenters. The summed E-state index contributed by atoms with van der Waals surface area (Å²) in [6, 6.07) is 0. The van der Waals surface area contributed by atoms with E-state index in [0.717, 1.165) is 109 Å². The average molecular weight is 952 g/mol. The van der Waals surface area contributed by atoms with E-state index in [1.54, 1.807) is 0 Å². The number of hydrogen-bond donors (Lipinski definition) is 0. The minimum Gasteiger partial charge on any atom is -0.462 e. The van der Waals surface area contributed by atoms with E-state index < -0.39 is 6.10 Å². The maximum atomic E-state index is 12.9. The Morgan fingerprint density at radius 3 is 0.926 bits per heavy atom. The minimum absolute atomic E-state index is 0.0805. The quantitative estimate of drug-likeness (QED) is 0.0262. The Morgan fingerprint density at radius 2 is 0.574 bits per heavy atom. The fourth-order valence-corrected chi connectivity index (χ4v) is 8.37. The first-order chi connectivity index (χ1) is 33.5. The summed E-state index contributed by atoms with van der Waals surface area (Å²) >= 11 is 0. The van der Waals surface area contributed by atoms with Crippen LogP contribution in [0.4, 0.5) is 0 Å². The highest BCUT2D eigenvalue weighted by atomic mass is 16.6. The fraction of sp³-hybridized carbons (Fsp3) is 0.790. The number of rotatable bonds is 53. The molecule has 0 N–H and O–H groups in total. The molecule has 0 spiro atoms. The van der Waals surface area contributed by atoms with Crippen molar-refractivity contribution in [3.63, 3.8) is 0 Å². The molecule has 0 bridgehead atoms. The fourth-order valence-electron chi connectivity index (χ4n) is 8.37. The third-order valence-corrected chi connectivity index (χ3v) is 12.8. The zero-order valence-corrected chi connectivity index (χ0v) is 45.1. The lowest BCUT2D eigenvalue weighted by molar-refractivity contribution is -0.167. The van der Waals surface area contributed by atoms with Gasteiger partial charge in [0.2, 0.25) is 0 Å². The molecule has 0 aromatic heterocycles. The predicted molar refractivity (Wildman–Crippen MR) is 293 cm³/mol. The molecule has 0 aromatic carbocycles. The van der Waals surface area contributed by atoms with Gasteiger partial charge in [-0.1, -0.05) is 255 Å². The summed E-state index contributed by atoms with van der Waals surface area (Å²) in [5.41, 5.74) is 0. The van der Waals surface area contributed by atoms with E-state index in [2.05, 4.69) is 81.5 Å². The van der Waals surface area contributed by atoms with Crippen molar-refractivity contribution in [3.05, 3.63) is 60.8 Å². The summed E-state index contributed by atoms with van der Waals surface area (Å²) < 4.78 is 16.9. The molecular weight excluding hydrogens is 841 g/mol. The lowest BCUT2D eigenvalue weighted by atomic mass is 10.0. The summed E-state index contributed by atoms with van der Waals surface area (Å²) in [7, 11) is 0. The molecule has 0 radical (unpaired) electrons. The molecule has 0 saturated carbocycles. The van der Waals surface area contributed by atoms with Crippen molar-refractivity contribution in [2.24, 2.45) is 0 Å². The largest absolute Gasteiger partial charge is 0.462 e.